The van der Waals surface area contributed by atoms with Crippen LogP contribution in [0.15, 0.2) is 0 Å². The first kappa shape index (κ1) is 11.6. The van der Waals surface area contributed by atoms with Crippen molar-refractivity contribution < 1.29 is 5.11 Å². The quantitative estimate of drug-likeness (QED) is 0.652. The van der Waals surface area contributed by atoms with E-state index in [0.29, 0.717) is 24.3 Å². The average Bonchev–Trinajstić information content (AvgIpc) is 2.80. The molecule has 92 valence electrons. The highest BCUT2D eigenvalue weighted by molar-refractivity contribution is 5.82. The monoisotopic (exact) mass is 236 g/mol. The van der Waals surface area contributed by atoms with Gasteiger partial charge in [0.15, 0.2) is 0 Å². The molecule has 0 saturated carbocycles. The van der Waals surface area contributed by atoms with Crippen molar-refractivity contribution in [2.24, 2.45) is 0 Å². The lowest BCUT2D eigenvalue weighted by Gasteiger charge is -2.14. The zero-order valence-corrected chi connectivity index (χ0v) is 9.93. The second-order valence-electron chi connectivity index (χ2n) is 3.92. The van der Waals surface area contributed by atoms with Gasteiger partial charge in [-0.25, -0.2) is 0 Å². The number of fused-ring (bicyclic) bond motifs is 1. The van der Waals surface area contributed by atoms with Crippen LogP contribution in [0.2, 0.25) is 0 Å². The van der Waals surface area contributed by atoms with Gasteiger partial charge in [-0.15, -0.1) is 5.10 Å². The van der Waals surface area contributed by atoms with Crippen molar-refractivity contribution in [3.63, 3.8) is 0 Å². The van der Waals surface area contributed by atoms with Crippen molar-refractivity contribution >= 4 is 17.0 Å². The van der Waals surface area contributed by atoms with Crippen LogP contribution in [0.1, 0.15) is 17.7 Å². The predicted octanol–water partition coefficient (Wildman–Crippen LogP) is 0.118. The van der Waals surface area contributed by atoms with Gasteiger partial charge < -0.3 is 16.2 Å². The Labute approximate surface area is 98.6 Å². The van der Waals surface area contributed by atoms with E-state index >= 15 is 0 Å². The van der Waals surface area contributed by atoms with E-state index < -0.39 is 0 Å². The molecule has 0 radical (unpaired) electrons. The second kappa shape index (κ2) is 4.54. The largest absolute Gasteiger partial charge is 0.396 e. The summed E-state index contributed by atoms with van der Waals surface area (Å²) in [5.74, 6) is 0. The van der Waals surface area contributed by atoms with Crippen molar-refractivity contribution in [2.75, 3.05) is 24.2 Å². The van der Waals surface area contributed by atoms with Gasteiger partial charge in [-0.2, -0.15) is 4.52 Å². The Hall–Kier alpha value is -1.89. The molecule has 0 aliphatic carbocycles. The molecule has 0 fully saturated rings. The SMILES string of the molecule is Cc1c(NCCCO)c(N)c2nnnn2c1C. The number of tetrazole rings is 1. The number of nitrogen functional groups attached to an aromatic ring is 1. The molecule has 4 N–H and O–H groups in total. The maximum Gasteiger partial charge on any atom is 0.204 e. The maximum absolute atomic E-state index is 8.77. The number of aromatic nitrogens is 4. The first-order valence-electron chi connectivity index (χ1n) is 5.48. The van der Waals surface area contributed by atoms with Crippen LogP contribution in [-0.2, 0) is 0 Å². The van der Waals surface area contributed by atoms with Gasteiger partial charge in [0.25, 0.3) is 0 Å². The number of nitrogens with zero attached hydrogens (tertiary/aromatic N) is 4. The van der Waals surface area contributed by atoms with E-state index in [4.69, 9.17) is 10.8 Å². The highest BCUT2D eigenvalue weighted by Gasteiger charge is 2.14. The molecule has 0 bridgehead atoms. The lowest BCUT2D eigenvalue weighted by molar-refractivity contribution is 0.292. The van der Waals surface area contributed by atoms with Crippen LogP contribution in [0, 0.1) is 13.8 Å². The van der Waals surface area contributed by atoms with Crippen molar-refractivity contribution in [1.29, 1.82) is 0 Å². The van der Waals surface area contributed by atoms with Gasteiger partial charge in [0, 0.05) is 18.8 Å². The minimum Gasteiger partial charge on any atom is -0.396 e. The number of aliphatic hydroxyl groups excluding tert-OH is 1. The molecule has 0 unspecified atom stereocenters. The summed E-state index contributed by atoms with van der Waals surface area (Å²) < 4.78 is 1.63. The molecule has 2 heterocycles. The van der Waals surface area contributed by atoms with E-state index in [-0.39, 0.29) is 6.61 Å². The van der Waals surface area contributed by atoms with Gasteiger partial charge in [0.05, 0.1) is 5.69 Å². The smallest absolute Gasteiger partial charge is 0.204 e. The summed E-state index contributed by atoms with van der Waals surface area (Å²) in [4.78, 5) is 0. The van der Waals surface area contributed by atoms with Gasteiger partial charge in [-0.05, 0) is 36.3 Å². The minimum atomic E-state index is 0.152. The molecule has 0 saturated heterocycles. The Kier molecular flexibility index (Phi) is 3.10. The van der Waals surface area contributed by atoms with Crippen LogP contribution in [-0.4, -0.2) is 38.3 Å². The summed E-state index contributed by atoms with van der Waals surface area (Å²) in [7, 11) is 0. The third-order valence-electron chi connectivity index (χ3n) is 2.85. The lowest BCUT2D eigenvalue weighted by Crippen LogP contribution is -2.11. The number of pyridine rings is 1. The Morgan fingerprint density at radius 1 is 1.41 bits per heavy atom. The van der Waals surface area contributed by atoms with Crippen LogP contribution in [0.25, 0.3) is 5.65 Å². The Morgan fingerprint density at radius 3 is 2.88 bits per heavy atom. The van der Waals surface area contributed by atoms with Crippen molar-refractivity contribution in [3.05, 3.63) is 11.3 Å². The van der Waals surface area contributed by atoms with Crippen LogP contribution < -0.4 is 11.1 Å². The summed E-state index contributed by atoms with van der Waals surface area (Å²) in [5, 5.41) is 23.4. The predicted molar refractivity (Wildman–Crippen MR) is 64.9 cm³/mol. The standard InChI is InChI=1S/C10H16N6O/c1-6-7(2)16-10(13-14-15-16)8(11)9(6)12-4-3-5-17/h12,17H,3-5,11H2,1-2H3. The molecular formula is C10H16N6O. The first-order chi connectivity index (χ1) is 8.16. The first-order valence-corrected chi connectivity index (χ1v) is 5.48. The van der Waals surface area contributed by atoms with E-state index in [1.54, 1.807) is 4.52 Å². The van der Waals surface area contributed by atoms with E-state index in [1.807, 2.05) is 13.8 Å². The third-order valence-corrected chi connectivity index (χ3v) is 2.85. The van der Waals surface area contributed by atoms with Crippen LogP contribution in [0.5, 0.6) is 0 Å². The van der Waals surface area contributed by atoms with Crippen molar-refractivity contribution in [3.8, 4) is 0 Å². The van der Waals surface area contributed by atoms with E-state index in [9.17, 15) is 0 Å². The van der Waals surface area contributed by atoms with E-state index in [2.05, 4.69) is 20.8 Å². The van der Waals surface area contributed by atoms with Gasteiger partial charge in [-0.1, -0.05) is 0 Å². The lowest BCUT2D eigenvalue weighted by atomic mass is 10.1. The number of hydrogen-bond acceptors (Lipinski definition) is 6. The van der Waals surface area contributed by atoms with Gasteiger partial charge in [0.1, 0.15) is 5.69 Å². The third kappa shape index (κ3) is 1.89. The van der Waals surface area contributed by atoms with E-state index in [0.717, 1.165) is 16.9 Å². The molecule has 2 rings (SSSR count). The van der Waals surface area contributed by atoms with Crippen LogP contribution in [0.3, 0.4) is 0 Å². The Balaban J connectivity index is 2.46. The van der Waals surface area contributed by atoms with Gasteiger partial charge in [-0.3, -0.25) is 0 Å². The summed E-state index contributed by atoms with van der Waals surface area (Å²) in [6.45, 7) is 4.72. The number of rotatable bonds is 4. The molecule has 2 aromatic heterocycles. The minimum absolute atomic E-state index is 0.152. The summed E-state index contributed by atoms with van der Waals surface area (Å²) in [6.07, 6.45) is 0.675. The molecule has 2 aromatic rings. The Morgan fingerprint density at radius 2 is 2.18 bits per heavy atom. The second-order valence-corrected chi connectivity index (χ2v) is 3.92. The van der Waals surface area contributed by atoms with Gasteiger partial charge in [0.2, 0.25) is 5.65 Å². The molecule has 0 aromatic carbocycles. The van der Waals surface area contributed by atoms with Crippen molar-refractivity contribution in [2.45, 2.75) is 20.3 Å². The topological polar surface area (TPSA) is 101 Å². The zero-order chi connectivity index (χ0) is 12.4. The summed E-state index contributed by atoms with van der Waals surface area (Å²) in [5.41, 5.74) is 9.93. The van der Waals surface area contributed by atoms with Gasteiger partial charge >= 0.3 is 0 Å². The normalized spacial score (nSPS) is 11.0. The maximum atomic E-state index is 8.77. The van der Waals surface area contributed by atoms with Crippen LogP contribution in [0.4, 0.5) is 11.4 Å². The molecule has 0 amide bonds. The number of hydrogen-bond donors (Lipinski definition) is 3. The number of nitrogens with one attached hydrogen (secondary N) is 1. The molecule has 0 aliphatic heterocycles. The zero-order valence-electron chi connectivity index (χ0n) is 9.93. The fraction of sp³-hybridized carbons (Fsp3) is 0.500. The molecule has 0 spiro atoms. The summed E-state index contributed by atoms with van der Waals surface area (Å²) >= 11 is 0. The summed E-state index contributed by atoms with van der Waals surface area (Å²) in [6, 6.07) is 0. The van der Waals surface area contributed by atoms with Crippen LogP contribution >= 0.6 is 0 Å². The number of aryl methyl sites for hydroxylation is 1. The molecule has 7 heteroatoms. The van der Waals surface area contributed by atoms with E-state index in [1.165, 1.54) is 0 Å². The Bertz CT molecular complexity index is 535. The number of nitrogens with two attached hydrogens (primary N) is 1. The molecular weight excluding hydrogens is 220 g/mol. The van der Waals surface area contributed by atoms with Crippen molar-refractivity contribution in [1.82, 2.24) is 20.0 Å². The molecule has 7 nitrogen and oxygen atoms in total. The number of anilines is 2. The number of aliphatic hydroxyl groups is 1. The molecule has 0 aliphatic rings. The fourth-order valence-corrected chi connectivity index (χ4v) is 1.75. The molecule has 17 heavy (non-hydrogen) atoms. The highest BCUT2D eigenvalue weighted by atomic mass is 16.3. The fourth-order valence-electron chi connectivity index (χ4n) is 1.75. The molecule has 0 atom stereocenters. The average molecular weight is 236 g/mol. The highest BCUT2D eigenvalue weighted by Crippen LogP contribution is 2.28.